The van der Waals surface area contributed by atoms with Crippen molar-refractivity contribution in [3.8, 4) is 0 Å². The van der Waals surface area contributed by atoms with Crippen LogP contribution in [-0.4, -0.2) is 46.1 Å². The van der Waals surface area contributed by atoms with Gasteiger partial charge in [-0.2, -0.15) is 13.2 Å². The van der Waals surface area contributed by atoms with Gasteiger partial charge in [0, 0.05) is 19.0 Å². The van der Waals surface area contributed by atoms with Gasteiger partial charge in [-0.05, 0) is 13.3 Å². The maximum atomic E-state index is 11.9. The Labute approximate surface area is 113 Å². The third-order valence-corrected chi connectivity index (χ3v) is 3.00. The van der Waals surface area contributed by atoms with Gasteiger partial charge >= 0.3 is 6.18 Å². The van der Waals surface area contributed by atoms with E-state index in [0.717, 1.165) is 11.6 Å². The van der Waals surface area contributed by atoms with Crippen molar-refractivity contribution in [2.24, 2.45) is 0 Å². The fourth-order valence-electron chi connectivity index (χ4n) is 2.11. The molecule has 1 aliphatic rings. The number of carbonyl (C=O) groups is 1. The molecule has 0 bridgehead atoms. The number of nitrogens with zero attached hydrogens (tertiary/aromatic N) is 3. The summed E-state index contributed by atoms with van der Waals surface area (Å²) in [5.74, 6) is 1.07. The molecule has 1 aromatic heterocycles. The van der Waals surface area contributed by atoms with Gasteiger partial charge in [0.05, 0.1) is 0 Å². The third kappa shape index (κ3) is 3.92. The van der Waals surface area contributed by atoms with Gasteiger partial charge < -0.3 is 14.6 Å². The van der Waals surface area contributed by atoms with Gasteiger partial charge in [0.15, 0.2) is 0 Å². The van der Waals surface area contributed by atoms with Crippen LogP contribution in [0.25, 0.3) is 0 Å². The number of alkyl halides is 3. The number of aromatic nitrogens is 3. The Morgan fingerprint density at radius 3 is 2.95 bits per heavy atom. The first kappa shape index (κ1) is 14.8. The van der Waals surface area contributed by atoms with Gasteiger partial charge in [-0.3, -0.25) is 4.79 Å². The van der Waals surface area contributed by atoms with Crippen LogP contribution in [0.4, 0.5) is 13.2 Å². The van der Waals surface area contributed by atoms with Crippen molar-refractivity contribution in [3.63, 3.8) is 0 Å². The second-order valence-electron chi connectivity index (χ2n) is 4.69. The smallest absolute Gasteiger partial charge is 0.362 e. The predicted octanol–water partition coefficient (Wildman–Crippen LogP) is 0.596. The Bertz CT molecular complexity index is 487. The lowest BCUT2D eigenvalue weighted by Gasteiger charge is -2.24. The number of ether oxygens (including phenoxy) is 1. The van der Waals surface area contributed by atoms with E-state index in [4.69, 9.17) is 0 Å². The zero-order valence-electron chi connectivity index (χ0n) is 10.9. The molecule has 1 amide bonds. The summed E-state index contributed by atoms with van der Waals surface area (Å²) in [6.45, 7) is 0.329. The topological polar surface area (TPSA) is 69.0 Å². The van der Waals surface area contributed by atoms with Gasteiger partial charge in [-0.15, -0.1) is 10.2 Å². The lowest BCUT2D eigenvalue weighted by Crippen LogP contribution is -2.43. The summed E-state index contributed by atoms with van der Waals surface area (Å²) < 4.78 is 41.8. The monoisotopic (exact) mass is 292 g/mol. The van der Waals surface area contributed by atoms with Crippen LogP contribution in [0.2, 0.25) is 0 Å². The molecule has 6 nitrogen and oxygen atoms in total. The maximum absolute atomic E-state index is 11.9. The Kier molecular flexibility index (Phi) is 4.26. The molecule has 0 radical (unpaired) electrons. The largest absolute Gasteiger partial charge is 0.411 e. The van der Waals surface area contributed by atoms with Crippen LogP contribution in [-0.2, 0) is 22.5 Å². The Balaban J connectivity index is 1.77. The summed E-state index contributed by atoms with van der Waals surface area (Å²) >= 11 is 0. The summed E-state index contributed by atoms with van der Waals surface area (Å²) in [6, 6.07) is -0.140. The van der Waals surface area contributed by atoms with E-state index in [1.807, 2.05) is 11.5 Å². The highest BCUT2D eigenvalue weighted by atomic mass is 19.4. The quantitative estimate of drug-likeness (QED) is 0.882. The van der Waals surface area contributed by atoms with Crippen LogP contribution in [0.15, 0.2) is 0 Å². The van der Waals surface area contributed by atoms with E-state index < -0.39 is 25.3 Å². The van der Waals surface area contributed by atoms with Crippen molar-refractivity contribution in [1.82, 2.24) is 20.1 Å². The molecule has 0 aliphatic carbocycles. The predicted molar refractivity (Wildman–Crippen MR) is 61.9 cm³/mol. The number of fused-ring (bicyclic) bond motifs is 1. The van der Waals surface area contributed by atoms with Crippen LogP contribution in [0, 0.1) is 6.92 Å². The molecule has 0 saturated carbocycles. The van der Waals surface area contributed by atoms with Crippen LogP contribution in [0.3, 0.4) is 0 Å². The van der Waals surface area contributed by atoms with E-state index in [1.165, 1.54) is 0 Å². The lowest BCUT2D eigenvalue weighted by atomic mass is 10.1. The Morgan fingerprint density at radius 2 is 2.25 bits per heavy atom. The summed E-state index contributed by atoms with van der Waals surface area (Å²) in [7, 11) is 0. The molecular formula is C11H15F3N4O2. The molecule has 0 fully saturated rings. The molecule has 0 aromatic carbocycles. The molecule has 9 heteroatoms. The van der Waals surface area contributed by atoms with Gasteiger partial charge in [-0.1, -0.05) is 0 Å². The van der Waals surface area contributed by atoms with Crippen molar-refractivity contribution in [2.75, 3.05) is 13.2 Å². The van der Waals surface area contributed by atoms with Crippen LogP contribution < -0.4 is 5.32 Å². The molecule has 2 rings (SSSR count). The highest BCUT2D eigenvalue weighted by Gasteiger charge is 2.28. The third-order valence-electron chi connectivity index (χ3n) is 3.00. The first-order valence-electron chi connectivity index (χ1n) is 6.17. The average molecular weight is 292 g/mol. The summed E-state index contributed by atoms with van der Waals surface area (Å²) in [4.78, 5) is 11.5. The van der Waals surface area contributed by atoms with Crippen LogP contribution in [0.5, 0.6) is 0 Å². The van der Waals surface area contributed by atoms with Crippen molar-refractivity contribution in [2.45, 2.75) is 38.5 Å². The van der Waals surface area contributed by atoms with Gasteiger partial charge in [-0.25, -0.2) is 0 Å². The Hall–Kier alpha value is -1.64. The van der Waals surface area contributed by atoms with E-state index in [-0.39, 0.29) is 6.04 Å². The number of rotatable bonds is 4. The number of amides is 1. The molecule has 2 heterocycles. The van der Waals surface area contributed by atoms with Crippen molar-refractivity contribution in [3.05, 3.63) is 11.6 Å². The Morgan fingerprint density at radius 1 is 1.50 bits per heavy atom. The fraction of sp³-hybridized carbons (Fsp3) is 0.727. The lowest BCUT2D eigenvalue weighted by molar-refractivity contribution is -0.175. The second kappa shape index (κ2) is 5.78. The summed E-state index contributed by atoms with van der Waals surface area (Å²) in [5.41, 5.74) is 0. The standard InChI is InChI=1S/C11H15F3N4O2/c1-7-16-17-9-3-2-8(4-18(7)9)15-10(19)5-20-6-11(12,13)14/h8H,2-6H2,1H3,(H,15,19)/t8-/m1/s1. The molecule has 0 spiro atoms. The summed E-state index contributed by atoms with van der Waals surface area (Å²) in [6.07, 6.45) is -3.06. The number of hydrogen-bond acceptors (Lipinski definition) is 4. The van der Waals surface area contributed by atoms with E-state index in [1.54, 1.807) is 0 Å². The van der Waals surface area contributed by atoms with Crippen LogP contribution >= 0.6 is 0 Å². The number of nitrogens with one attached hydrogen (secondary N) is 1. The molecule has 1 atom stereocenters. The average Bonchev–Trinajstić information content (AvgIpc) is 2.69. The minimum atomic E-state index is -4.42. The number of halogens is 3. The molecular weight excluding hydrogens is 277 g/mol. The van der Waals surface area contributed by atoms with Gasteiger partial charge in [0.25, 0.3) is 0 Å². The van der Waals surface area contributed by atoms with E-state index in [2.05, 4.69) is 20.3 Å². The number of carbonyl (C=O) groups excluding carboxylic acids is 1. The van der Waals surface area contributed by atoms with Crippen molar-refractivity contribution >= 4 is 5.91 Å². The molecule has 1 aliphatic heterocycles. The first-order valence-corrected chi connectivity index (χ1v) is 6.17. The maximum Gasteiger partial charge on any atom is 0.411 e. The highest BCUT2D eigenvalue weighted by Crippen LogP contribution is 2.15. The fourth-order valence-corrected chi connectivity index (χ4v) is 2.11. The zero-order valence-corrected chi connectivity index (χ0v) is 10.9. The molecule has 20 heavy (non-hydrogen) atoms. The minimum Gasteiger partial charge on any atom is -0.362 e. The highest BCUT2D eigenvalue weighted by molar-refractivity contribution is 5.77. The molecule has 0 saturated heterocycles. The van der Waals surface area contributed by atoms with E-state index in [0.29, 0.717) is 19.4 Å². The van der Waals surface area contributed by atoms with Crippen molar-refractivity contribution < 1.29 is 22.7 Å². The SMILES string of the molecule is Cc1nnc2n1C[C@H](NC(=O)COCC(F)(F)F)CC2. The van der Waals surface area contributed by atoms with Crippen LogP contribution in [0.1, 0.15) is 18.1 Å². The van der Waals surface area contributed by atoms with E-state index >= 15 is 0 Å². The number of hydrogen-bond donors (Lipinski definition) is 1. The second-order valence-corrected chi connectivity index (χ2v) is 4.69. The number of aryl methyl sites for hydroxylation is 2. The van der Waals surface area contributed by atoms with E-state index in [9.17, 15) is 18.0 Å². The molecule has 112 valence electrons. The first-order chi connectivity index (χ1) is 9.35. The van der Waals surface area contributed by atoms with Gasteiger partial charge in [0.1, 0.15) is 24.9 Å². The summed E-state index contributed by atoms with van der Waals surface area (Å²) in [5, 5.41) is 10.6. The van der Waals surface area contributed by atoms with Crippen molar-refractivity contribution in [1.29, 1.82) is 0 Å². The zero-order chi connectivity index (χ0) is 14.8. The minimum absolute atomic E-state index is 0.140. The normalized spacial score (nSPS) is 18.7. The molecule has 1 aromatic rings. The molecule has 1 N–H and O–H groups in total. The molecule has 0 unspecified atom stereocenters. The van der Waals surface area contributed by atoms with Gasteiger partial charge in [0.2, 0.25) is 5.91 Å².